The minimum atomic E-state index is -0.161. The Morgan fingerprint density at radius 2 is 1.81 bits per heavy atom. The maximum atomic E-state index is 9.09. The van der Waals surface area contributed by atoms with Crippen LogP contribution in [0.3, 0.4) is 0 Å². The van der Waals surface area contributed by atoms with Crippen molar-refractivity contribution in [2.75, 3.05) is 13.9 Å². The first-order chi connectivity index (χ1) is 7.70. The van der Waals surface area contributed by atoms with Gasteiger partial charge in [-0.2, -0.15) is 0 Å². The molecule has 0 rings (SSSR count). The van der Waals surface area contributed by atoms with Crippen LogP contribution in [0.2, 0.25) is 0 Å². The molecule has 0 aromatic heterocycles. The molecule has 2 atom stereocenters. The van der Waals surface area contributed by atoms with Gasteiger partial charge in [0.05, 0.1) is 12.2 Å². The van der Waals surface area contributed by atoms with E-state index in [0.717, 1.165) is 25.7 Å². The van der Waals surface area contributed by atoms with E-state index in [0.29, 0.717) is 6.79 Å². The summed E-state index contributed by atoms with van der Waals surface area (Å²) in [5, 5.41) is 9.09. The van der Waals surface area contributed by atoms with Gasteiger partial charge in [0, 0.05) is 7.11 Å². The largest absolute Gasteiger partial charge is 0.393 e. The zero-order valence-electron chi connectivity index (χ0n) is 10.7. The molecule has 1 N–H and O–H groups in total. The van der Waals surface area contributed by atoms with Crippen molar-refractivity contribution in [1.82, 2.24) is 0 Å². The molecule has 0 saturated heterocycles. The normalized spacial score (nSPS) is 14.7. The summed E-state index contributed by atoms with van der Waals surface area (Å²) in [6.07, 6.45) is 8.30. The Balaban J connectivity index is 3.30. The van der Waals surface area contributed by atoms with Crippen molar-refractivity contribution in [3.05, 3.63) is 12.7 Å². The van der Waals surface area contributed by atoms with Crippen LogP contribution in [0.25, 0.3) is 0 Å². The molecule has 0 heterocycles. The van der Waals surface area contributed by atoms with Gasteiger partial charge in [0.15, 0.2) is 0 Å². The topological polar surface area (TPSA) is 38.7 Å². The third-order valence-corrected chi connectivity index (χ3v) is 2.52. The molecule has 0 aliphatic carbocycles. The Morgan fingerprint density at radius 3 is 2.31 bits per heavy atom. The second-order valence-corrected chi connectivity index (χ2v) is 4.19. The van der Waals surface area contributed by atoms with Gasteiger partial charge in [0.2, 0.25) is 0 Å². The summed E-state index contributed by atoms with van der Waals surface area (Å²) in [7, 11) is 1.62. The SMILES string of the molecule is C=C[C@H](CCCCCC[C@@H](C)O)OCOC. The van der Waals surface area contributed by atoms with Crippen molar-refractivity contribution in [2.45, 2.75) is 57.7 Å². The van der Waals surface area contributed by atoms with Crippen LogP contribution >= 0.6 is 0 Å². The summed E-state index contributed by atoms with van der Waals surface area (Å²) in [6.45, 7) is 5.91. The van der Waals surface area contributed by atoms with Gasteiger partial charge in [0.25, 0.3) is 0 Å². The van der Waals surface area contributed by atoms with E-state index in [1.807, 2.05) is 13.0 Å². The average Bonchev–Trinajstić information content (AvgIpc) is 2.26. The number of rotatable bonds is 11. The lowest BCUT2D eigenvalue weighted by Gasteiger charge is -2.12. The maximum Gasteiger partial charge on any atom is 0.147 e. The number of unbranched alkanes of at least 4 members (excludes halogenated alkanes) is 3. The molecular formula is C13H26O3. The van der Waals surface area contributed by atoms with Gasteiger partial charge in [-0.05, 0) is 19.8 Å². The standard InChI is InChI=1S/C13H26O3/c1-4-13(16-11-15-3)10-8-6-5-7-9-12(2)14/h4,12-14H,1,5-11H2,2-3H3/t12-,13-/m1/s1. The second-order valence-electron chi connectivity index (χ2n) is 4.19. The molecule has 16 heavy (non-hydrogen) atoms. The molecule has 0 radical (unpaired) electrons. The Hall–Kier alpha value is -0.380. The fourth-order valence-electron chi connectivity index (χ4n) is 1.56. The van der Waals surface area contributed by atoms with Gasteiger partial charge in [-0.3, -0.25) is 0 Å². The molecule has 0 bridgehead atoms. The highest BCUT2D eigenvalue weighted by Gasteiger charge is 2.03. The molecule has 0 aromatic rings. The highest BCUT2D eigenvalue weighted by Crippen LogP contribution is 2.11. The minimum absolute atomic E-state index is 0.108. The maximum absolute atomic E-state index is 9.09. The van der Waals surface area contributed by atoms with Crippen molar-refractivity contribution in [2.24, 2.45) is 0 Å². The fraction of sp³-hybridized carbons (Fsp3) is 0.846. The van der Waals surface area contributed by atoms with E-state index >= 15 is 0 Å². The lowest BCUT2D eigenvalue weighted by molar-refractivity contribution is -0.0579. The summed E-state index contributed by atoms with van der Waals surface area (Å²) in [6, 6.07) is 0. The van der Waals surface area contributed by atoms with E-state index < -0.39 is 0 Å². The van der Waals surface area contributed by atoms with Crippen LogP contribution in [0.5, 0.6) is 0 Å². The van der Waals surface area contributed by atoms with Crippen molar-refractivity contribution in [1.29, 1.82) is 0 Å². The number of aliphatic hydroxyl groups excluding tert-OH is 1. The number of hydrogen-bond donors (Lipinski definition) is 1. The first kappa shape index (κ1) is 15.6. The molecule has 0 unspecified atom stereocenters. The van der Waals surface area contributed by atoms with Crippen molar-refractivity contribution < 1.29 is 14.6 Å². The summed E-state index contributed by atoms with van der Waals surface area (Å²) in [4.78, 5) is 0. The number of hydrogen-bond acceptors (Lipinski definition) is 3. The number of aliphatic hydroxyl groups is 1. The molecule has 0 fully saturated rings. The molecule has 0 spiro atoms. The van der Waals surface area contributed by atoms with E-state index in [1.54, 1.807) is 7.11 Å². The fourth-order valence-corrected chi connectivity index (χ4v) is 1.56. The molecule has 0 amide bonds. The van der Waals surface area contributed by atoms with Crippen LogP contribution < -0.4 is 0 Å². The lowest BCUT2D eigenvalue weighted by atomic mass is 10.1. The summed E-state index contributed by atoms with van der Waals surface area (Å²) in [5.41, 5.74) is 0. The van der Waals surface area contributed by atoms with Crippen molar-refractivity contribution >= 4 is 0 Å². The van der Waals surface area contributed by atoms with E-state index in [2.05, 4.69) is 6.58 Å². The Kier molecular flexibility index (Phi) is 10.9. The lowest BCUT2D eigenvalue weighted by Crippen LogP contribution is -2.11. The second kappa shape index (κ2) is 11.1. The van der Waals surface area contributed by atoms with E-state index in [9.17, 15) is 0 Å². The monoisotopic (exact) mass is 230 g/mol. The van der Waals surface area contributed by atoms with Gasteiger partial charge in [0.1, 0.15) is 6.79 Å². The van der Waals surface area contributed by atoms with Gasteiger partial charge in [-0.25, -0.2) is 0 Å². The Morgan fingerprint density at radius 1 is 1.19 bits per heavy atom. The number of methoxy groups -OCH3 is 1. The minimum Gasteiger partial charge on any atom is -0.393 e. The van der Waals surface area contributed by atoms with Gasteiger partial charge < -0.3 is 14.6 Å². The zero-order chi connectivity index (χ0) is 12.2. The molecule has 3 heteroatoms. The molecule has 0 saturated carbocycles. The predicted octanol–water partition coefficient (Wildman–Crippen LogP) is 2.88. The van der Waals surface area contributed by atoms with Crippen molar-refractivity contribution in [3.63, 3.8) is 0 Å². The van der Waals surface area contributed by atoms with Crippen LogP contribution in [0.15, 0.2) is 12.7 Å². The first-order valence-corrected chi connectivity index (χ1v) is 6.11. The van der Waals surface area contributed by atoms with Crippen LogP contribution in [0, 0.1) is 0 Å². The first-order valence-electron chi connectivity index (χ1n) is 6.11. The summed E-state index contributed by atoms with van der Waals surface area (Å²) in [5.74, 6) is 0. The third kappa shape index (κ3) is 10.1. The molecular weight excluding hydrogens is 204 g/mol. The zero-order valence-corrected chi connectivity index (χ0v) is 10.7. The van der Waals surface area contributed by atoms with E-state index in [-0.39, 0.29) is 12.2 Å². The predicted molar refractivity (Wildman–Crippen MR) is 66.3 cm³/mol. The Labute approximate surface area is 99.5 Å². The van der Waals surface area contributed by atoms with Gasteiger partial charge >= 0.3 is 0 Å². The average molecular weight is 230 g/mol. The van der Waals surface area contributed by atoms with Crippen molar-refractivity contribution in [3.8, 4) is 0 Å². The van der Waals surface area contributed by atoms with E-state index in [4.69, 9.17) is 14.6 Å². The van der Waals surface area contributed by atoms with Crippen LogP contribution in [0.4, 0.5) is 0 Å². The Bertz CT molecular complexity index is 157. The quantitative estimate of drug-likeness (QED) is 0.337. The van der Waals surface area contributed by atoms with Crippen LogP contribution in [-0.4, -0.2) is 31.2 Å². The number of ether oxygens (including phenoxy) is 2. The van der Waals surface area contributed by atoms with Gasteiger partial charge in [-0.15, -0.1) is 6.58 Å². The van der Waals surface area contributed by atoms with Crippen LogP contribution in [-0.2, 0) is 9.47 Å². The summed E-state index contributed by atoms with van der Waals surface area (Å²) < 4.78 is 10.3. The van der Waals surface area contributed by atoms with Gasteiger partial charge in [-0.1, -0.05) is 31.8 Å². The third-order valence-electron chi connectivity index (χ3n) is 2.52. The van der Waals surface area contributed by atoms with E-state index in [1.165, 1.54) is 12.8 Å². The molecule has 96 valence electrons. The highest BCUT2D eigenvalue weighted by atomic mass is 16.7. The molecule has 0 aliphatic rings. The molecule has 0 aliphatic heterocycles. The summed E-state index contributed by atoms with van der Waals surface area (Å²) >= 11 is 0. The highest BCUT2D eigenvalue weighted by molar-refractivity contribution is 4.79. The molecule has 3 nitrogen and oxygen atoms in total. The molecule has 0 aromatic carbocycles. The van der Waals surface area contributed by atoms with Crippen LogP contribution in [0.1, 0.15) is 45.4 Å². The smallest absolute Gasteiger partial charge is 0.147 e.